The predicted octanol–water partition coefficient (Wildman–Crippen LogP) is 0.105. The summed E-state index contributed by atoms with van der Waals surface area (Å²) in [4.78, 5) is 31.7. The van der Waals surface area contributed by atoms with Gasteiger partial charge in [0.2, 0.25) is 0 Å². The number of aromatic nitrogens is 4. The smallest absolute Gasteiger partial charge is 0.310 e. The Morgan fingerprint density at radius 2 is 2.18 bits per heavy atom. The van der Waals surface area contributed by atoms with Crippen molar-refractivity contribution in [3.8, 4) is 0 Å². The summed E-state index contributed by atoms with van der Waals surface area (Å²) in [6.45, 7) is 3.41. The fraction of sp³-hybridized carbons (Fsp3) is 0.500. The number of ether oxygens (including phenoxy) is 1. The van der Waals surface area contributed by atoms with E-state index in [0.717, 1.165) is 24.1 Å². The van der Waals surface area contributed by atoms with Crippen LogP contribution in [-0.2, 0) is 20.7 Å². The Morgan fingerprint density at radius 1 is 1.41 bits per heavy atom. The molecule has 22 heavy (non-hydrogen) atoms. The van der Waals surface area contributed by atoms with Gasteiger partial charge in [0.25, 0.3) is 11.7 Å². The van der Waals surface area contributed by atoms with E-state index in [9.17, 15) is 9.59 Å². The molecule has 1 amide bonds. The van der Waals surface area contributed by atoms with E-state index in [1.165, 1.54) is 6.33 Å². The molecule has 3 rings (SSSR count). The van der Waals surface area contributed by atoms with Crippen molar-refractivity contribution >= 4 is 17.7 Å². The number of hydrogen-bond acceptors (Lipinski definition) is 6. The summed E-state index contributed by atoms with van der Waals surface area (Å²) in [5.41, 5.74) is 2.24. The molecule has 0 spiro atoms. The van der Waals surface area contributed by atoms with Crippen molar-refractivity contribution in [3.05, 3.63) is 23.3 Å². The number of rotatable bonds is 5. The van der Waals surface area contributed by atoms with Gasteiger partial charge in [-0.25, -0.2) is 9.50 Å². The maximum atomic E-state index is 11.9. The molecular weight excluding hydrogens is 286 g/mol. The quantitative estimate of drug-likeness (QED) is 0.787. The standard InChI is InChI=1S/C14H17N5O3/c1-8-11(9(2)19-14(17-8)15-7-16-19)5-13(21)22-6-12(20)18-10-3-4-10/h7,10H,3-6H2,1-2H3,(H,18,20). The van der Waals surface area contributed by atoms with Gasteiger partial charge < -0.3 is 10.1 Å². The minimum atomic E-state index is -0.460. The topological polar surface area (TPSA) is 98.5 Å². The van der Waals surface area contributed by atoms with Gasteiger partial charge in [0.15, 0.2) is 6.61 Å². The molecule has 0 saturated heterocycles. The van der Waals surface area contributed by atoms with E-state index in [2.05, 4.69) is 20.4 Å². The number of esters is 1. The fourth-order valence-corrected chi connectivity index (χ4v) is 2.25. The highest BCUT2D eigenvalue weighted by Crippen LogP contribution is 2.18. The van der Waals surface area contributed by atoms with Crippen LogP contribution in [0, 0.1) is 13.8 Å². The van der Waals surface area contributed by atoms with Crippen LogP contribution in [-0.4, -0.2) is 44.1 Å². The first kappa shape index (κ1) is 14.4. The number of nitrogens with one attached hydrogen (secondary N) is 1. The van der Waals surface area contributed by atoms with Gasteiger partial charge in [0, 0.05) is 23.0 Å². The van der Waals surface area contributed by atoms with E-state index in [1.54, 1.807) is 4.52 Å². The highest BCUT2D eigenvalue weighted by atomic mass is 16.5. The number of aryl methyl sites for hydroxylation is 2. The predicted molar refractivity (Wildman–Crippen MR) is 76.1 cm³/mol. The van der Waals surface area contributed by atoms with Gasteiger partial charge in [0.1, 0.15) is 6.33 Å². The average molecular weight is 303 g/mol. The molecule has 0 unspecified atom stereocenters. The van der Waals surface area contributed by atoms with Crippen LogP contribution >= 0.6 is 0 Å². The second-order valence-corrected chi connectivity index (χ2v) is 5.41. The Hall–Kier alpha value is -2.51. The molecule has 1 aliphatic carbocycles. The molecule has 2 heterocycles. The summed E-state index contributed by atoms with van der Waals surface area (Å²) in [6.07, 6.45) is 3.47. The lowest BCUT2D eigenvalue weighted by atomic mass is 10.1. The zero-order valence-corrected chi connectivity index (χ0v) is 12.5. The highest BCUT2D eigenvalue weighted by Gasteiger charge is 2.23. The van der Waals surface area contributed by atoms with E-state index < -0.39 is 5.97 Å². The molecular formula is C14H17N5O3. The molecule has 1 aliphatic rings. The lowest BCUT2D eigenvalue weighted by Crippen LogP contribution is -2.30. The third-order valence-corrected chi connectivity index (χ3v) is 3.62. The second-order valence-electron chi connectivity index (χ2n) is 5.41. The van der Waals surface area contributed by atoms with E-state index >= 15 is 0 Å². The third-order valence-electron chi connectivity index (χ3n) is 3.62. The molecule has 2 aromatic rings. The number of carbonyl (C=O) groups is 2. The number of fused-ring (bicyclic) bond motifs is 1. The highest BCUT2D eigenvalue weighted by molar-refractivity contribution is 5.81. The normalized spacial score (nSPS) is 14.1. The zero-order chi connectivity index (χ0) is 15.7. The first-order chi connectivity index (χ1) is 10.5. The first-order valence-electron chi connectivity index (χ1n) is 7.15. The molecule has 1 N–H and O–H groups in total. The Morgan fingerprint density at radius 3 is 2.91 bits per heavy atom. The molecule has 8 nitrogen and oxygen atoms in total. The molecule has 2 aromatic heterocycles. The van der Waals surface area contributed by atoms with Gasteiger partial charge in [-0.15, -0.1) is 0 Å². The van der Waals surface area contributed by atoms with Crippen molar-refractivity contribution in [1.29, 1.82) is 0 Å². The molecule has 0 atom stereocenters. The van der Waals surface area contributed by atoms with Gasteiger partial charge >= 0.3 is 5.97 Å². The van der Waals surface area contributed by atoms with Crippen molar-refractivity contribution in [2.75, 3.05) is 6.61 Å². The zero-order valence-electron chi connectivity index (χ0n) is 12.5. The summed E-state index contributed by atoms with van der Waals surface area (Å²) >= 11 is 0. The van der Waals surface area contributed by atoms with Crippen LogP contribution in [0.3, 0.4) is 0 Å². The molecule has 1 saturated carbocycles. The van der Waals surface area contributed by atoms with Crippen LogP contribution in [0.25, 0.3) is 5.78 Å². The summed E-state index contributed by atoms with van der Waals surface area (Å²) in [6, 6.07) is 0.259. The number of nitrogens with zero attached hydrogens (tertiary/aromatic N) is 4. The monoisotopic (exact) mass is 303 g/mol. The number of hydrogen-bond donors (Lipinski definition) is 1. The summed E-state index contributed by atoms with van der Waals surface area (Å²) < 4.78 is 6.59. The molecule has 8 heteroatoms. The molecule has 0 bridgehead atoms. The number of amides is 1. The summed E-state index contributed by atoms with van der Waals surface area (Å²) in [7, 11) is 0. The van der Waals surface area contributed by atoms with Crippen molar-refractivity contribution in [1.82, 2.24) is 24.9 Å². The van der Waals surface area contributed by atoms with Crippen molar-refractivity contribution in [3.63, 3.8) is 0 Å². The maximum Gasteiger partial charge on any atom is 0.310 e. The van der Waals surface area contributed by atoms with E-state index in [-0.39, 0.29) is 25.0 Å². The van der Waals surface area contributed by atoms with Crippen LogP contribution in [0.1, 0.15) is 29.8 Å². The molecule has 1 fully saturated rings. The molecule has 0 aliphatic heterocycles. The van der Waals surface area contributed by atoms with Crippen molar-refractivity contribution in [2.45, 2.75) is 39.2 Å². The lowest BCUT2D eigenvalue weighted by Gasteiger charge is -2.10. The van der Waals surface area contributed by atoms with Crippen LogP contribution in [0.4, 0.5) is 0 Å². The fourth-order valence-electron chi connectivity index (χ4n) is 2.25. The van der Waals surface area contributed by atoms with Gasteiger partial charge in [0.05, 0.1) is 6.42 Å². The third kappa shape index (κ3) is 3.05. The summed E-state index contributed by atoms with van der Waals surface area (Å²) in [5.74, 6) is -0.219. The van der Waals surface area contributed by atoms with Crippen LogP contribution < -0.4 is 5.32 Å². The van der Waals surface area contributed by atoms with Gasteiger partial charge in [-0.2, -0.15) is 10.1 Å². The van der Waals surface area contributed by atoms with Gasteiger partial charge in [-0.1, -0.05) is 0 Å². The van der Waals surface area contributed by atoms with E-state index in [1.807, 2.05) is 13.8 Å². The second kappa shape index (κ2) is 5.70. The Bertz CT molecular complexity index is 735. The van der Waals surface area contributed by atoms with Gasteiger partial charge in [-0.3, -0.25) is 9.59 Å². The van der Waals surface area contributed by atoms with Gasteiger partial charge in [-0.05, 0) is 26.7 Å². The van der Waals surface area contributed by atoms with Crippen LogP contribution in [0.15, 0.2) is 6.33 Å². The summed E-state index contributed by atoms with van der Waals surface area (Å²) in [5, 5.41) is 6.83. The average Bonchev–Trinajstić information content (AvgIpc) is 3.16. The van der Waals surface area contributed by atoms with Crippen LogP contribution in [0.2, 0.25) is 0 Å². The Kier molecular flexibility index (Phi) is 3.74. The Labute approximate surface area is 126 Å². The lowest BCUT2D eigenvalue weighted by molar-refractivity contribution is -0.147. The molecule has 0 aromatic carbocycles. The van der Waals surface area contributed by atoms with E-state index in [4.69, 9.17) is 4.74 Å². The SMILES string of the molecule is Cc1nc2ncnn2c(C)c1CC(=O)OCC(=O)NC1CC1. The first-order valence-corrected chi connectivity index (χ1v) is 7.15. The van der Waals surface area contributed by atoms with Crippen molar-refractivity contribution in [2.24, 2.45) is 0 Å². The van der Waals surface area contributed by atoms with Crippen molar-refractivity contribution < 1.29 is 14.3 Å². The minimum absolute atomic E-state index is 0.0528. The Balaban J connectivity index is 1.64. The largest absolute Gasteiger partial charge is 0.455 e. The minimum Gasteiger partial charge on any atom is -0.455 e. The maximum absolute atomic E-state index is 11.9. The molecule has 116 valence electrons. The molecule has 0 radical (unpaired) electrons. The van der Waals surface area contributed by atoms with Crippen LogP contribution in [0.5, 0.6) is 0 Å². The van der Waals surface area contributed by atoms with E-state index in [0.29, 0.717) is 11.5 Å². The number of carbonyl (C=O) groups excluding carboxylic acids is 2.